The van der Waals surface area contributed by atoms with E-state index in [0.29, 0.717) is 22.7 Å². The molecule has 0 spiro atoms. The van der Waals surface area contributed by atoms with Gasteiger partial charge in [-0.15, -0.1) is 0 Å². The highest BCUT2D eigenvalue weighted by Crippen LogP contribution is 2.32. The second-order valence-electron chi connectivity index (χ2n) is 10.5. The molecule has 9 heteroatoms. The van der Waals surface area contributed by atoms with Gasteiger partial charge in [-0.05, 0) is 49.2 Å². The van der Waals surface area contributed by atoms with E-state index in [1.54, 1.807) is 31.2 Å². The Morgan fingerprint density at radius 1 is 1.10 bits per heavy atom. The Kier molecular flexibility index (Phi) is 11.4. The number of halogens is 1. The molecule has 1 aliphatic rings. The molecule has 4 rings (SSSR count). The second-order valence-corrected chi connectivity index (χ2v) is 10.9. The Morgan fingerprint density at radius 3 is 2.55 bits per heavy atom. The van der Waals surface area contributed by atoms with Gasteiger partial charge >= 0.3 is 0 Å². The molecule has 1 fully saturated rings. The van der Waals surface area contributed by atoms with Crippen LogP contribution in [0, 0.1) is 17.8 Å². The Bertz CT molecular complexity index is 1380. The number of hydroxylamine groups is 2. The number of hydrogen-bond acceptors (Lipinski definition) is 7. The van der Waals surface area contributed by atoms with Crippen LogP contribution in [-0.2, 0) is 16.2 Å². The van der Waals surface area contributed by atoms with E-state index in [1.807, 2.05) is 61.6 Å². The molecule has 0 saturated carbocycles. The van der Waals surface area contributed by atoms with Crippen molar-refractivity contribution in [3.8, 4) is 11.8 Å². The van der Waals surface area contributed by atoms with Crippen molar-refractivity contribution < 1.29 is 25.0 Å². The summed E-state index contributed by atoms with van der Waals surface area (Å²) >= 11 is 6.18. The summed E-state index contributed by atoms with van der Waals surface area (Å²) in [4.78, 5) is 21.6. The van der Waals surface area contributed by atoms with E-state index in [1.165, 1.54) is 5.06 Å². The third-order valence-corrected chi connectivity index (χ3v) is 7.71. The van der Waals surface area contributed by atoms with E-state index in [9.17, 15) is 20.1 Å². The van der Waals surface area contributed by atoms with Gasteiger partial charge in [0.2, 0.25) is 5.91 Å². The van der Waals surface area contributed by atoms with Gasteiger partial charge in [0, 0.05) is 47.9 Å². The summed E-state index contributed by atoms with van der Waals surface area (Å²) in [5, 5.41) is 36.0. The van der Waals surface area contributed by atoms with Crippen LogP contribution >= 0.6 is 11.6 Å². The summed E-state index contributed by atoms with van der Waals surface area (Å²) in [6.45, 7) is 2.72. The molecule has 0 bridgehead atoms. The van der Waals surface area contributed by atoms with E-state index in [-0.39, 0.29) is 19.1 Å². The summed E-state index contributed by atoms with van der Waals surface area (Å²) in [7, 11) is 2.01. The molecule has 0 radical (unpaired) electrons. The molecule has 42 heavy (non-hydrogen) atoms. The number of anilines is 1. The first-order valence-electron chi connectivity index (χ1n) is 14.1. The van der Waals surface area contributed by atoms with Crippen molar-refractivity contribution in [3.63, 3.8) is 0 Å². The quantitative estimate of drug-likeness (QED) is 0.200. The van der Waals surface area contributed by atoms with Gasteiger partial charge in [0.1, 0.15) is 18.2 Å². The van der Waals surface area contributed by atoms with Gasteiger partial charge < -0.3 is 25.5 Å². The molecule has 1 aliphatic heterocycles. The van der Waals surface area contributed by atoms with Crippen molar-refractivity contribution in [2.45, 2.75) is 44.2 Å². The highest BCUT2D eigenvalue weighted by atomic mass is 35.5. The smallest absolute Gasteiger partial charge is 0.240 e. The van der Waals surface area contributed by atoms with Crippen LogP contribution in [0.1, 0.15) is 36.1 Å². The third-order valence-electron chi connectivity index (χ3n) is 7.37. The monoisotopic (exact) mass is 591 g/mol. The molecule has 5 atom stereocenters. The van der Waals surface area contributed by atoms with Crippen molar-refractivity contribution in [2.24, 2.45) is 5.92 Å². The van der Waals surface area contributed by atoms with Crippen LogP contribution in [0.2, 0.25) is 5.02 Å². The number of nitrogens with one attached hydrogen (secondary N) is 1. The lowest BCUT2D eigenvalue weighted by Crippen LogP contribution is -2.49. The summed E-state index contributed by atoms with van der Waals surface area (Å²) in [6.07, 6.45) is -1.91. The molecule has 8 nitrogen and oxygen atoms in total. The first-order chi connectivity index (χ1) is 20.3. The molecule has 1 amide bonds. The zero-order valence-corrected chi connectivity index (χ0v) is 24.6. The van der Waals surface area contributed by atoms with Crippen molar-refractivity contribution in [3.05, 3.63) is 101 Å². The molecule has 1 unspecified atom stereocenters. The molecule has 0 aromatic heterocycles. The van der Waals surface area contributed by atoms with Crippen molar-refractivity contribution in [1.29, 1.82) is 0 Å². The number of para-hydroxylation sites is 1. The van der Waals surface area contributed by atoms with Gasteiger partial charge in [0.25, 0.3) is 0 Å². The largest absolute Gasteiger partial charge is 0.394 e. The predicted octanol–water partition coefficient (Wildman–Crippen LogP) is 3.54. The van der Waals surface area contributed by atoms with Crippen molar-refractivity contribution >= 4 is 23.2 Å². The summed E-state index contributed by atoms with van der Waals surface area (Å²) < 4.78 is 0. The number of rotatable bonds is 11. The fourth-order valence-corrected chi connectivity index (χ4v) is 5.41. The van der Waals surface area contributed by atoms with Crippen LogP contribution < -0.4 is 10.2 Å². The molecule has 4 N–H and O–H groups in total. The molecule has 0 aliphatic carbocycles. The number of hydrogen-bond donors (Lipinski definition) is 4. The number of aliphatic hydroxyl groups is 3. The normalized spacial score (nSPS) is 19.9. The number of carbonyl (C=O) groups excluding carboxylic acids is 1. The Hall–Kier alpha value is -3.42. The van der Waals surface area contributed by atoms with E-state index < -0.39 is 30.3 Å². The Morgan fingerprint density at radius 2 is 1.83 bits per heavy atom. The first kappa shape index (κ1) is 31.5. The topological polar surface area (TPSA) is 105 Å². The lowest BCUT2D eigenvalue weighted by molar-refractivity contribution is -0.181. The van der Waals surface area contributed by atoms with Gasteiger partial charge in [-0.1, -0.05) is 72.0 Å². The number of aliphatic hydroxyl groups excluding tert-OH is 3. The maximum atomic E-state index is 13.4. The van der Waals surface area contributed by atoms with Gasteiger partial charge in [0.15, 0.2) is 0 Å². The number of amides is 1. The SMILES string of the molecule is C[C@@H](O)[C@H]1[C@@H](CO)ON(Cc2cccc(C#CC(O)c3ccccc3Cl)c2)[C@H]1C(=O)NCCCN(C)c1ccccc1. The predicted molar refractivity (Wildman–Crippen MR) is 164 cm³/mol. The zero-order chi connectivity index (χ0) is 30.1. The summed E-state index contributed by atoms with van der Waals surface area (Å²) in [6, 6.07) is 23.6. The molecule has 1 heterocycles. The first-order valence-corrected chi connectivity index (χ1v) is 14.5. The number of nitrogens with zero attached hydrogens (tertiary/aromatic N) is 2. The minimum absolute atomic E-state index is 0.233. The molecular formula is C33H38ClN3O5. The summed E-state index contributed by atoms with van der Waals surface area (Å²) in [5.74, 6) is 4.94. The average molecular weight is 592 g/mol. The van der Waals surface area contributed by atoms with Crippen LogP contribution in [-0.4, -0.2) is 71.3 Å². The number of benzene rings is 3. The van der Waals surface area contributed by atoms with E-state index >= 15 is 0 Å². The molecule has 1 saturated heterocycles. The highest BCUT2D eigenvalue weighted by Gasteiger charge is 2.49. The average Bonchev–Trinajstić information content (AvgIpc) is 3.37. The fourth-order valence-electron chi connectivity index (χ4n) is 5.17. The van der Waals surface area contributed by atoms with Gasteiger partial charge in [-0.25, -0.2) is 0 Å². The van der Waals surface area contributed by atoms with E-state index in [4.69, 9.17) is 16.4 Å². The van der Waals surface area contributed by atoms with Crippen LogP contribution in [0.4, 0.5) is 5.69 Å². The van der Waals surface area contributed by atoms with Crippen LogP contribution in [0.5, 0.6) is 0 Å². The van der Waals surface area contributed by atoms with Gasteiger partial charge in [-0.3, -0.25) is 9.63 Å². The molecule has 222 valence electrons. The molecule has 3 aromatic rings. The highest BCUT2D eigenvalue weighted by molar-refractivity contribution is 6.31. The zero-order valence-electron chi connectivity index (χ0n) is 23.9. The minimum atomic E-state index is -1.04. The molecule has 3 aromatic carbocycles. The van der Waals surface area contributed by atoms with Crippen LogP contribution in [0.15, 0.2) is 78.9 Å². The summed E-state index contributed by atoms with van der Waals surface area (Å²) in [5.41, 5.74) is 3.13. The van der Waals surface area contributed by atoms with E-state index in [0.717, 1.165) is 24.2 Å². The van der Waals surface area contributed by atoms with Gasteiger partial charge in [0.05, 0.1) is 19.3 Å². The van der Waals surface area contributed by atoms with Crippen molar-refractivity contribution in [1.82, 2.24) is 10.4 Å². The maximum absolute atomic E-state index is 13.4. The maximum Gasteiger partial charge on any atom is 0.240 e. The Balaban J connectivity index is 1.42. The molecular weight excluding hydrogens is 554 g/mol. The second kappa shape index (κ2) is 15.2. The standard InChI is InChI=1S/C33H38ClN3O5/c1-23(39)31-30(22-38)42-37(32(31)33(41)35-18-9-19-36(2)26-12-4-3-5-13-26)21-25-11-8-10-24(20-25)16-17-29(40)27-14-6-7-15-28(27)34/h3-8,10-15,20,23,29-32,38-40H,9,18-19,21-22H2,1-2H3,(H,35,41)/t23-,29?,30-,31+,32-/m1/s1. The van der Waals surface area contributed by atoms with Crippen LogP contribution in [0.25, 0.3) is 0 Å². The van der Waals surface area contributed by atoms with Gasteiger partial charge in [-0.2, -0.15) is 5.06 Å². The lowest BCUT2D eigenvalue weighted by atomic mass is 9.89. The third kappa shape index (κ3) is 8.11. The van der Waals surface area contributed by atoms with E-state index in [2.05, 4.69) is 22.1 Å². The van der Waals surface area contributed by atoms with Crippen LogP contribution in [0.3, 0.4) is 0 Å². The van der Waals surface area contributed by atoms with Crippen molar-refractivity contribution in [2.75, 3.05) is 31.6 Å². The minimum Gasteiger partial charge on any atom is -0.394 e. The Labute approximate surface area is 252 Å². The lowest BCUT2D eigenvalue weighted by Gasteiger charge is -2.26. The fraction of sp³-hybridized carbons (Fsp3) is 0.364. The number of carbonyl (C=O) groups is 1.